The normalized spacial score (nSPS) is 16.8. The zero-order valence-corrected chi connectivity index (χ0v) is 17.3. The fraction of sp³-hybridized carbons (Fsp3) is 0.500. The first kappa shape index (κ1) is 20.4. The van der Waals surface area contributed by atoms with Crippen LogP contribution in [0, 0.1) is 19.8 Å². The van der Waals surface area contributed by atoms with Crippen LogP contribution >= 0.6 is 11.8 Å². The highest BCUT2D eigenvalue weighted by Gasteiger charge is 2.29. The van der Waals surface area contributed by atoms with Gasteiger partial charge in [-0.05, 0) is 45.7 Å². The van der Waals surface area contributed by atoms with Crippen molar-refractivity contribution in [2.24, 2.45) is 5.92 Å². The van der Waals surface area contributed by atoms with E-state index < -0.39 is 0 Å². The minimum atomic E-state index is -0.234. The molecule has 1 atom stereocenters. The second kappa shape index (κ2) is 9.23. The van der Waals surface area contributed by atoms with E-state index in [9.17, 15) is 9.59 Å². The molecule has 0 saturated carbocycles. The smallest absolute Gasteiger partial charge is 0.310 e. The minimum Gasteiger partial charge on any atom is -0.466 e. The molecule has 0 unspecified atom stereocenters. The molecule has 0 aliphatic carbocycles. The summed E-state index contributed by atoms with van der Waals surface area (Å²) in [6, 6.07) is 6.06. The molecule has 0 bridgehead atoms. The maximum absolute atomic E-state index is 12.5. The fourth-order valence-corrected chi connectivity index (χ4v) is 4.02. The van der Waals surface area contributed by atoms with E-state index in [0.29, 0.717) is 30.8 Å². The van der Waals surface area contributed by atoms with E-state index >= 15 is 0 Å². The van der Waals surface area contributed by atoms with E-state index in [1.807, 2.05) is 26.0 Å². The lowest BCUT2D eigenvalue weighted by Crippen LogP contribution is -2.43. The van der Waals surface area contributed by atoms with Crippen LogP contribution in [0.3, 0.4) is 0 Å². The number of piperidine rings is 1. The molecule has 28 heavy (non-hydrogen) atoms. The number of hydrogen-bond acceptors (Lipinski definition) is 7. The van der Waals surface area contributed by atoms with Gasteiger partial charge in [0.2, 0.25) is 11.8 Å². The number of carbonyl (C=O) groups excluding carboxylic acids is 2. The van der Waals surface area contributed by atoms with E-state index in [1.165, 1.54) is 11.8 Å². The van der Waals surface area contributed by atoms with Gasteiger partial charge < -0.3 is 14.1 Å². The molecule has 2 aromatic rings. The van der Waals surface area contributed by atoms with Gasteiger partial charge in [-0.1, -0.05) is 29.0 Å². The second-order valence-electron chi connectivity index (χ2n) is 6.97. The third-order valence-electron chi connectivity index (χ3n) is 4.59. The number of thioether (sulfide) groups is 1. The van der Waals surface area contributed by atoms with Crippen molar-refractivity contribution in [2.75, 3.05) is 25.4 Å². The van der Waals surface area contributed by atoms with Gasteiger partial charge in [0.05, 0.1) is 18.3 Å². The van der Waals surface area contributed by atoms with E-state index in [0.717, 1.165) is 29.5 Å². The molecule has 0 spiro atoms. The zero-order chi connectivity index (χ0) is 20.1. The van der Waals surface area contributed by atoms with Crippen LogP contribution in [-0.4, -0.2) is 52.4 Å². The largest absolute Gasteiger partial charge is 0.466 e. The fourth-order valence-electron chi connectivity index (χ4n) is 3.35. The minimum absolute atomic E-state index is 0.0369. The van der Waals surface area contributed by atoms with Crippen molar-refractivity contribution in [3.63, 3.8) is 0 Å². The molecule has 0 radical (unpaired) electrons. The number of esters is 1. The molecule has 7 nitrogen and oxygen atoms in total. The number of nitrogens with zero attached hydrogens (tertiary/aromatic N) is 3. The van der Waals surface area contributed by atoms with Gasteiger partial charge in [0.15, 0.2) is 0 Å². The predicted molar refractivity (Wildman–Crippen MR) is 106 cm³/mol. The molecule has 8 heteroatoms. The molecule has 1 aliphatic rings. The number of aromatic nitrogens is 2. The number of likely N-dealkylation sites (tertiary alicyclic amines) is 1. The Bertz CT molecular complexity index is 831. The Balaban J connectivity index is 1.56. The Kier molecular flexibility index (Phi) is 6.72. The summed E-state index contributed by atoms with van der Waals surface area (Å²) in [6.45, 7) is 7.26. The van der Waals surface area contributed by atoms with Crippen molar-refractivity contribution in [2.45, 2.75) is 38.8 Å². The average molecular weight is 404 g/mol. The number of aryl methyl sites for hydroxylation is 2. The van der Waals surface area contributed by atoms with Crippen molar-refractivity contribution in [1.82, 2.24) is 15.1 Å². The number of rotatable bonds is 6. The van der Waals surface area contributed by atoms with E-state index in [1.54, 1.807) is 11.8 Å². The van der Waals surface area contributed by atoms with Crippen LogP contribution in [0.2, 0.25) is 0 Å². The average Bonchev–Trinajstić information content (AvgIpc) is 3.15. The molecule has 1 aliphatic heterocycles. The Morgan fingerprint density at radius 3 is 2.71 bits per heavy atom. The molecule has 3 rings (SSSR count). The zero-order valence-electron chi connectivity index (χ0n) is 16.4. The van der Waals surface area contributed by atoms with E-state index in [4.69, 9.17) is 9.15 Å². The highest BCUT2D eigenvalue weighted by molar-refractivity contribution is 7.99. The lowest BCUT2D eigenvalue weighted by Gasteiger charge is -2.31. The maximum Gasteiger partial charge on any atom is 0.310 e. The first-order chi connectivity index (χ1) is 13.5. The highest BCUT2D eigenvalue weighted by atomic mass is 32.2. The Labute approximate surface area is 168 Å². The van der Waals surface area contributed by atoms with Crippen molar-refractivity contribution in [3.8, 4) is 11.5 Å². The lowest BCUT2D eigenvalue weighted by molar-refractivity contribution is -0.151. The van der Waals surface area contributed by atoms with Crippen molar-refractivity contribution in [1.29, 1.82) is 0 Å². The van der Waals surface area contributed by atoms with Gasteiger partial charge in [0, 0.05) is 18.7 Å². The maximum atomic E-state index is 12.5. The standard InChI is InChI=1S/C20H25N3O4S/c1-4-26-19(25)15-6-5-7-23(11-15)17(24)12-28-20-22-21-18(27-20)16-9-13(2)8-14(3)10-16/h8-10,15H,4-7,11-12H2,1-3H3/t15-/m0/s1. The van der Waals surface area contributed by atoms with Gasteiger partial charge in [-0.2, -0.15) is 0 Å². The summed E-state index contributed by atoms with van der Waals surface area (Å²) in [6.07, 6.45) is 1.57. The summed E-state index contributed by atoms with van der Waals surface area (Å²) in [5.74, 6) is 0.154. The van der Waals surface area contributed by atoms with E-state index in [2.05, 4.69) is 16.3 Å². The molecule has 1 aromatic heterocycles. The van der Waals surface area contributed by atoms with Gasteiger partial charge in [-0.25, -0.2) is 0 Å². The van der Waals surface area contributed by atoms with Crippen molar-refractivity contribution < 1.29 is 18.7 Å². The highest BCUT2D eigenvalue weighted by Crippen LogP contribution is 2.26. The SMILES string of the molecule is CCOC(=O)[C@H]1CCCN(C(=O)CSc2nnc(-c3cc(C)cc(C)c3)o2)C1. The third kappa shape index (κ3) is 5.13. The van der Waals surface area contributed by atoms with Crippen molar-refractivity contribution >= 4 is 23.6 Å². The molecule has 150 valence electrons. The summed E-state index contributed by atoms with van der Waals surface area (Å²) in [4.78, 5) is 26.2. The lowest BCUT2D eigenvalue weighted by atomic mass is 9.98. The topological polar surface area (TPSA) is 85.5 Å². The summed E-state index contributed by atoms with van der Waals surface area (Å²) >= 11 is 1.22. The number of hydrogen-bond donors (Lipinski definition) is 0. The van der Waals surface area contributed by atoms with Gasteiger partial charge in [0.1, 0.15) is 0 Å². The third-order valence-corrected chi connectivity index (χ3v) is 5.39. The van der Waals surface area contributed by atoms with Crippen molar-refractivity contribution in [3.05, 3.63) is 29.3 Å². The molecule has 0 N–H and O–H groups in total. The van der Waals surface area contributed by atoms with E-state index in [-0.39, 0.29) is 23.5 Å². The Hall–Kier alpha value is -2.35. The molecular formula is C20H25N3O4S. The van der Waals surface area contributed by atoms with Crippen LogP contribution in [0.1, 0.15) is 30.9 Å². The Morgan fingerprint density at radius 2 is 2.00 bits per heavy atom. The van der Waals surface area contributed by atoms with Crippen LogP contribution in [0.25, 0.3) is 11.5 Å². The molecule has 1 fully saturated rings. The van der Waals surface area contributed by atoms with Gasteiger partial charge in [-0.3, -0.25) is 9.59 Å². The monoisotopic (exact) mass is 403 g/mol. The summed E-state index contributed by atoms with van der Waals surface area (Å²) in [5.41, 5.74) is 3.12. The van der Waals surface area contributed by atoms with Gasteiger partial charge >= 0.3 is 5.97 Å². The molecule has 1 saturated heterocycles. The summed E-state index contributed by atoms with van der Waals surface area (Å²) in [5, 5.41) is 8.49. The molecule has 1 aromatic carbocycles. The first-order valence-electron chi connectivity index (χ1n) is 9.45. The second-order valence-corrected chi connectivity index (χ2v) is 7.90. The van der Waals surface area contributed by atoms with Crippen LogP contribution in [-0.2, 0) is 14.3 Å². The number of ether oxygens (including phenoxy) is 1. The number of carbonyl (C=O) groups is 2. The molecule has 2 heterocycles. The number of benzene rings is 1. The van der Waals surface area contributed by atoms with Crippen LogP contribution in [0.15, 0.2) is 27.8 Å². The molecule has 1 amide bonds. The van der Waals surface area contributed by atoms with Crippen LogP contribution < -0.4 is 0 Å². The van der Waals surface area contributed by atoms with Gasteiger partial charge in [-0.15, -0.1) is 10.2 Å². The quantitative estimate of drug-likeness (QED) is 0.540. The molecular weight excluding hydrogens is 378 g/mol. The summed E-state index contributed by atoms with van der Waals surface area (Å²) in [7, 11) is 0. The first-order valence-corrected chi connectivity index (χ1v) is 10.4. The summed E-state index contributed by atoms with van der Waals surface area (Å²) < 4.78 is 10.8. The van der Waals surface area contributed by atoms with Gasteiger partial charge in [0.25, 0.3) is 5.22 Å². The predicted octanol–water partition coefficient (Wildman–Crippen LogP) is 3.25. The van der Waals surface area contributed by atoms with Crippen LogP contribution in [0.4, 0.5) is 0 Å². The van der Waals surface area contributed by atoms with Crippen LogP contribution in [0.5, 0.6) is 0 Å². The number of amides is 1. The Morgan fingerprint density at radius 1 is 1.25 bits per heavy atom.